The van der Waals surface area contributed by atoms with Crippen LogP contribution in [-0.2, 0) is 4.79 Å². The van der Waals surface area contributed by atoms with Gasteiger partial charge >= 0.3 is 0 Å². The molecule has 0 atom stereocenters. The van der Waals surface area contributed by atoms with Gasteiger partial charge in [0.1, 0.15) is 5.75 Å². The summed E-state index contributed by atoms with van der Waals surface area (Å²) in [6.07, 6.45) is 3.34. The van der Waals surface area contributed by atoms with Crippen molar-refractivity contribution in [2.45, 2.75) is 20.8 Å². The van der Waals surface area contributed by atoms with Gasteiger partial charge in [-0.25, -0.2) is 0 Å². The fraction of sp³-hybridized carbons (Fsp3) is 0.250. The van der Waals surface area contributed by atoms with Gasteiger partial charge in [-0.1, -0.05) is 18.2 Å². The normalized spacial score (nSPS) is 10.8. The lowest BCUT2D eigenvalue weighted by Crippen LogP contribution is -2.28. The average Bonchev–Trinajstić information content (AvgIpc) is 2.56. The van der Waals surface area contributed by atoms with Crippen LogP contribution < -0.4 is 15.4 Å². The van der Waals surface area contributed by atoms with Crippen molar-refractivity contribution < 1.29 is 9.53 Å². The van der Waals surface area contributed by atoms with Gasteiger partial charge in [0, 0.05) is 18.3 Å². The number of ether oxygens (including phenoxy) is 1. The molecule has 0 aliphatic carbocycles. The second-order valence-corrected chi connectivity index (χ2v) is 5.49. The van der Waals surface area contributed by atoms with E-state index in [0.29, 0.717) is 24.6 Å². The highest BCUT2D eigenvalue weighted by Gasteiger charge is 2.11. The predicted octanol–water partition coefficient (Wildman–Crippen LogP) is 4.04. The lowest BCUT2D eigenvalue weighted by molar-refractivity contribution is -0.114. The minimum absolute atomic E-state index is 0.0597. The highest BCUT2D eigenvalue weighted by atomic mass is 16.5. The van der Waals surface area contributed by atoms with Crippen molar-refractivity contribution in [1.82, 2.24) is 0 Å². The van der Waals surface area contributed by atoms with Gasteiger partial charge in [0.15, 0.2) is 0 Å². The van der Waals surface area contributed by atoms with Gasteiger partial charge in [-0.05, 0) is 62.2 Å². The summed E-state index contributed by atoms with van der Waals surface area (Å²) in [7, 11) is 0. The molecule has 0 spiro atoms. The Kier molecular flexibility index (Phi) is 6.01. The first-order chi connectivity index (χ1) is 11.5. The summed E-state index contributed by atoms with van der Waals surface area (Å²) in [5.41, 5.74) is 9.41. The largest absolute Gasteiger partial charge is 0.492 e. The van der Waals surface area contributed by atoms with Crippen molar-refractivity contribution >= 4 is 23.4 Å². The van der Waals surface area contributed by atoms with E-state index in [9.17, 15) is 4.79 Å². The summed E-state index contributed by atoms with van der Waals surface area (Å²) >= 11 is 0. The molecule has 2 rings (SSSR count). The summed E-state index contributed by atoms with van der Waals surface area (Å²) in [5, 5.41) is 0. The van der Waals surface area contributed by atoms with E-state index in [1.165, 1.54) is 0 Å². The molecule has 0 saturated carbocycles. The lowest BCUT2D eigenvalue weighted by Gasteiger charge is -2.19. The van der Waals surface area contributed by atoms with Crippen LogP contribution in [-0.4, -0.2) is 19.1 Å². The molecule has 0 heterocycles. The summed E-state index contributed by atoms with van der Waals surface area (Å²) in [4.78, 5) is 14.2. The molecule has 2 aromatic carbocycles. The first kappa shape index (κ1) is 17.6. The maximum atomic E-state index is 12.5. The third-order valence-corrected chi connectivity index (χ3v) is 3.65. The number of carbonyl (C=O) groups excluding carboxylic acids is 1. The highest BCUT2D eigenvalue weighted by molar-refractivity contribution is 6.03. The number of nitrogens with two attached hydrogens (primary N) is 1. The second-order valence-electron chi connectivity index (χ2n) is 5.49. The van der Waals surface area contributed by atoms with Crippen molar-refractivity contribution in [2.75, 3.05) is 23.8 Å². The number of benzene rings is 2. The van der Waals surface area contributed by atoms with Crippen LogP contribution in [0.15, 0.2) is 48.5 Å². The van der Waals surface area contributed by atoms with E-state index in [2.05, 4.69) is 0 Å². The van der Waals surface area contributed by atoms with Crippen molar-refractivity contribution in [3.8, 4) is 5.75 Å². The van der Waals surface area contributed by atoms with Crippen LogP contribution in [0.5, 0.6) is 5.75 Å². The minimum atomic E-state index is -0.0597. The molecule has 126 valence electrons. The Morgan fingerprint density at radius 1 is 1.21 bits per heavy atom. The summed E-state index contributed by atoms with van der Waals surface area (Å²) in [6, 6.07) is 13.4. The van der Waals surface area contributed by atoms with Gasteiger partial charge in [0.2, 0.25) is 0 Å². The number of amides is 1. The number of likely N-dealkylation sites (N-methyl/N-ethyl adjacent to an activating group) is 1. The Bertz CT molecular complexity index is 738. The van der Waals surface area contributed by atoms with Crippen molar-refractivity contribution in [3.05, 3.63) is 59.7 Å². The minimum Gasteiger partial charge on any atom is -0.492 e. The molecule has 2 N–H and O–H groups in total. The molecule has 0 aromatic heterocycles. The van der Waals surface area contributed by atoms with Gasteiger partial charge in [0.25, 0.3) is 5.91 Å². The zero-order valence-corrected chi connectivity index (χ0v) is 14.5. The monoisotopic (exact) mass is 324 g/mol. The molecule has 0 unspecified atom stereocenters. The Balaban J connectivity index is 2.15. The molecule has 0 aliphatic rings. The first-order valence-corrected chi connectivity index (χ1v) is 8.13. The molecule has 4 heteroatoms. The summed E-state index contributed by atoms with van der Waals surface area (Å²) in [6.45, 7) is 7.07. The fourth-order valence-corrected chi connectivity index (χ4v) is 2.48. The Morgan fingerprint density at radius 3 is 2.62 bits per heavy atom. The number of hydrogen-bond acceptors (Lipinski definition) is 3. The van der Waals surface area contributed by atoms with E-state index >= 15 is 0 Å². The van der Waals surface area contributed by atoms with Crippen LogP contribution in [0, 0.1) is 6.92 Å². The molecule has 24 heavy (non-hydrogen) atoms. The molecule has 0 aliphatic heterocycles. The predicted molar refractivity (Wildman–Crippen MR) is 100 cm³/mol. The third-order valence-electron chi connectivity index (χ3n) is 3.65. The van der Waals surface area contributed by atoms with Crippen LogP contribution >= 0.6 is 0 Å². The summed E-state index contributed by atoms with van der Waals surface area (Å²) < 4.78 is 5.42. The Hall–Kier alpha value is -2.75. The van der Waals surface area contributed by atoms with E-state index in [1.54, 1.807) is 23.1 Å². The Labute approximate surface area is 143 Å². The fourth-order valence-electron chi connectivity index (χ4n) is 2.48. The molecule has 0 fully saturated rings. The van der Waals surface area contributed by atoms with E-state index in [-0.39, 0.29) is 5.91 Å². The number of carbonyl (C=O) groups is 1. The van der Waals surface area contributed by atoms with Crippen molar-refractivity contribution in [1.29, 1.82) is 0 Å². The molecule has 0 radical (unpaired) electrons. The van der Waals surface area contributed by atoms with Crippen LogP contribution in [0.2, 0.25) is 0 Å². The quantitative estimate of drug-likeness (QED) is 0.644. The van der Waals surface area contributed by atoms with E-state index in [4.69, 9.17) is 10.5 Å². The van der Waals surface area contributed by atoms with Gasteiger partial charge < -0.3 is 15.4 Å². The van der Waals surface area contributed by atoms with Crippen LogP contribution in [0.3, 0.4) is 0 Å². The van der Waals surface area contributed by atoms with Crippen molar-refractivity contribution in [2.24, 2.45) is 0 Å². The zero-order chi connectivity index (χ0) is 17.5. The maximum Gasteiger partial charge on any atom is 0.250 e. The zero-order valence-electron chi connectivity index (χ0n) is 14.5. The van der Waals surface area contributed by atoms with Gasteiger partial charge in [0.05, 0.1) is 12.3 Å². The lowest BCUT2D eigenvalue weighted by atomic mass is 10.1. The van der Waals surface area contributed by atoms with Crippen LogP contribution in [0.1, 0.15) is 25.0 Å². The molecule has 0 saturated heterocycles. The Morgan fingerprint density at radius 2 is 2.00 bits per heavy atom. The first-order valence-electron chi connectivity index (χ1n) is 8.13. The van der Waals surface area contributed by atoms with Gasteiger partial charge in [-0.2, -0.15) is 0 Å². The highest BCUT2D eigenvalue weighted by Crippen LogP contribution is 2.23. The van der Waals surface area contributed by atoms with Crippen LogP contribution in [0.4, 0.5) is 11.4 Å². The van der Waals surface area contributed by atoms with E-state index in [1.807, 2.05) is 57.2 Å². The topological polar surface area (TPSA) is 55.6 Å². The standard InChI is InChI=1S/C20H24N2O2/c1-4-22(17-8-6-7-15(3)13-17)20(23)12-10-16-9-11-19(24-5-2)18(21)14-16/h6-14H,4-5,21H2,1-3H3/b12-10-. The molecular formula is C20H24N2O2. The van der Waals surface area contributed by atoms with Crippen molar-refractivity contribution in [3.63, 3.8) is 0 Å². The third kappa shape index (κ3) is 4.38. The number of aryl methyl sites for hydroxylation is 1. The summed E-state index contributed by atoms with van der Waals surface area (Å²) in [5.74, 6) is 0.603. The SMILES string of the molecule is CCOc1ccc(/C=C\C(=O)N(CC)c2cccc(C)c2)cc1N. The second kappa shape index (κ2) is 8.20. The molecular weight excluding hydrogens is 300 g/mol. The average molecular weight is 324 g/mol. The molecule has 2 aromatic rings. The molecule has 4 nitrogen and oxygen atoms in total. The van der Waals surface area contributed by atoms with Gasteiger partial charge in [-0.3, -0.25) is 4.79 Å². The van der Waals surface area contributed by atoms with Crippen LogP contribution in [0.25, 0.3) is 6.08 Å². The molecule has 1 amide bonds. The number of anilines is 2. The van der Waals surface area contributed by atoms with Gasteiger partial charge in [-0.15, -0.1) is 0 Å². The van der Waals surface area contributed by atoms with E-state index in [0.717, 1.165) is 16.8 Å². The van der Waals surface area contributed by atoms with E-state index < -0.39 is 0 Å². The number of nitrogen functional groups attached to an aromatic ring is 1. The number of nitrogens with zero attached hydrogens (tertiary/aromatic N) is 1. The maximum absolute atomic E-state index is 12.5. The smallest absolute Gasteiger partial charge is 0.250 e. The number of hydrogen-bond donors (Lipinski definition) is 1. The number of rotatable bonds is 6. The molecule has 0 bridgehead atoms.